The average Bonchev–Trinajstić information content (AvgIpc) is 2.61. The van der Waals surface area contributed by atoms with Gasteiger partial charge in [0.25, 0.3) is 0 Å². The summed E-state index contributed by atoms with van der Waals surface area (Å²) < 4.78 is 31.7. The number of benzene rings is 1. The molecule has 136 valence electrons. The molecule has 25 heavy (non-hydrogen) atoms. The number of cyclic esters (lactones) is 1. The van der Waals surface area contributed by atoms with Crippen molar-refractivity contribution >= 4 is 21.8 Å². The lowest BCUT2D eigenvalue weighted by atomic mass is 10.0. The Labute approximate surface area is 149 Å². The molecule has 0 bridgehead atoms. The highest BCUT2D eigenvalue weighted by Crippen LogP contribution is 2.33. The molecule has 0 aliphatic carbocycles. The maximum Gasteiger partial charge on any atom is 0.414 e. The molecule has 1 aromatic rings. The fourth-order valence-electron chi connectivity index (χ4n) is 3.41. The number of anilines is 1. The molecule has 3 rings (SSSR count). The maximum absolute atomic E-state index is 12.5. The number of ether oxygens (including phenoxy) is 1. The van der Waals surface area contributed by atoms with Crippen molar-refractivity contribution in [3.63, 3.8) is 0 Å². The van der Waals surface area contributed by atoms with Crippen LogP contribution in [-0.4, -0.2) is 37.9 Å². The smallest absolute Gasteiger partial charge is 0.414 e. The van der Waals surface area contributed by atoms with Gasteiger partial charge in [-0.25, -0.2) is 13.2 Å². The summed E-state index contributed by atoms with van der Waals surface area (Å²) in [7, 11) is -3.39. The van der Waals surface area contributed by atoms with Gasteiger partial charge in [-0.2, -0.15) is 4.31 Å². The Balaban J connectivity index is 1.79. The van der Waals surface area contributed by atoms with Crippen LogP contribution in [0, 0.1) is 6.92 Å². The van der Waals surface area contributed by atoms with E-state index in [1.165, 1.54) is 4.31 Å². The summed E-state index contributed by atoms with van der Waals surface area (Å²) in [5, 5.41) is 0. The number of amides is 1. The van der Waals surface area contributed by atoms with Crippen LogP contribution in [0.3, 0.4) is 0 Å². The van der Waals surface area contributed by atoms with Gasteiger partial charge in [0.2, 0.25) is 10.0 Å². The van der Waals surface area contributed by atoms with E-state index in [1.54, 1.807) is 24.8 Å². The van der Waals surface area contributed by atoms with E-state index in [4.69, 9.17) is 4.74 Å². The van der Waals surface area contributed by atoms with Crippen LogP contribution >= 0.6 is 0 Å². The predicted octanol–water partition coefficient (Wildman–Crippen LogP) is 3.17. The van der Waals surface area contributed by atoms with Crippen LogP contribution in [0.25, 0.3) is 0 Å². The molecule has 2 aliphatic heterocycles. The van der Waals surface area contributed by atoms with Gasteiger partial charge in [0, 0.05) is 24.7 Å². The fraction of sp³-hybridized carbons (Fsp3) is 0.500. The molecular formula is C18H24N2O4S. The van der Waals surface area contributed by atoms with Crippen LogP contribution in [0.15, 0.2) is 29.2 Å². The Morgan fingerprint density at radius 3 is 2.60 bits per heavy atom. The van der Waals surface area contributed by atoms with Crippen molar-refractivity contribution in [2.24, 2.45) is 0 Å². The number of carbonyl (C=O) groups excluding carboxylic acids is 1. The van der Waals surface area contributed by atoms with Crippen LogP contribution in [0.1, 0.15) is 37.8 Å². The van der Waals surface area contributed by atoms with E-state index in [0.29, 0.717) is 37.4 Å². The second kappa shape index (κ2) is 6.80. The number of hydrogen-bond donors (Lipinski definition) is 0. The number of piperidine rings is 1. The van der Waals surface area contributed by atoms with Crippen molar-refractivity contribution in [3.8, 4) is 0 Å². The van der Waals surface area contributed by atoms with Gasteiger partial charge < -0.3 is 4.74 Å². The third-order valence-electron chi connectivity index (χ3n) is 4.98. The zero-order chi connectivity index (χ0) is 18.2. The molecule has 2 heterocycles. The second-order valence-electron chi connectivity index (χ2n) is 6.59. The summed E-state index contributed by atoms with van der Waals surface area (Å²) in [6, 6.07) is 5.92. The minimum absolute atomic E-state index is 0.0494. The van der Waals surface area contributed by atoms with E-state index in [1.807, 2.05) is 25.1 Å². The highest BCUT2D eigenvalue weighted by Gasteiger charge is 2.36. The third kappa shape index (κ3) is 3.30. The molecule has 1 aromatic carbocycles. The number of allylic oxidation sites excluding steroid dienone is 2. The maximum atomic E-state index is 12.5. The topological polar surface area (TPSA) is 66.9 Å². The van der Waals surface area contributed by atoms with Crippen LogP contribution in [0.2, 0.25) is 0 Å². The van der Waals surface area contributed by atoms with Gasteiger partial charge in [0.05, 0.1) is 10.6 Å². The number of hydrogen-bond acceptors (Lipinski definition) is 4. The Bertz CT molecular complexity index is 808. The van der Waals surface area contributed by atoms with Crippen LogP contribution in [-0.2, 0) is 21.4 Å². The number of aryl methyl sites for hydroxylation is 1. The molecule has 2 aliphatic rings. The molecule has 0 atom stereocenters. The first-order chi connectivity index (χ1) is 11.8. The highest BCUT2D eigenvalue weighted by atomic mass is 32.2. The molecule has 1 saturated heterocycles. The average molecular weight is 364 g/mol. The lowest BCUT2D eigenvalue weighted by Gasteiger charge is -2.39. The summed E-state index contributed by atoms with van der Waals surface area (Å²) in [6.45, 7) is 6.45. The normalized spacial score (nSPS) is 20.4. The summed E-state index contributed by atoms with van der Waals surface area (Å²) >= 11 is 0. The molecule has 6 nitrogen and oxygen atoms in total. The van der Waals surface area contributed by atoms with Gasteiger partial charge in [-0.15, -0.1) is 0 Å². The van der Waals surface area contributed by atoms with Crippen LogP contribution in [0.4, 0.5) is 10.5 Å². The lowest BCUT2D eigenvalue weighted by Crippen LogP contribution is -2.50. The van der Waals surface area contributed by atoms with E-state index in [0.717, 1.165) is 16.8 Å². The molecule has 0 saturated carbocycles. The van der Waals surface area contributed by atoms with Crippen molar-refractivity contribution in [2.45, 2.75) is 46.3 Å². The zero-order valence-corrected chi connectivity index (χ0v) is 15.7. The number of rotatable bonds is 3. The zero-order valence-electron chi connectivity index (χ0n) is 14.9. The summed E-state index contributed by atoms with van der Waals surface area (Å²) in [4.78, 5) is 14.4. The van der Waals surface area contributed by atoms with E-state index in [2.05, 4.69) is 0 Å². The summed E-state index contributed by atoms with van der Waals surface area (Å²) in [5.41, 5.74) is 3.01. The Morgan fingerprint density at radius 1 is 1.28 bits per heavy atom. The van der Waals surface area contributed by atoms with Crippen LogP contribution in [0.5, 0.6) is 0 Å². The molecule has 0 radical (unpaired) electrons. The van der Waals surface area contributed by atoms with Crippen molar-refractivity contribution in [1.82, 2.24) is 4.31 Å². The van der Waals surface area contributed by atoms with Gasteiger partial charge in [-0.1, -0.05) is 23.8 Å². The Morgan fingerprint density at radius 2 is 1.96 bits per heavy atom. The molecule has 0 N–H and O–H groups in total. The SMILES string of the molecule is C/C=C(/C)S(=O)(=O)N1CCC(N2C(=O)OCc3cc(C)ccc32)CC1. The van der Waals surface area contributed by atoms with Crippen molar-refractivity contribution in [2.75, 3.05) is 18.0 Å². The Kier molecular flexibility index (Phi) is 4.88. The van der Waals surface area contributed by atoms with E-state index in [9.17, 15) is 13.2 Å². The first-order valence-corrected chi connectivity index (χ1v) is 9.97. The monoisotopic (exact) mass is 364 g/mol. The van der Waals surface area contributed by atoms with Gasteiger partial charge in [0.1, 0.15) is 6.61 Å². The first-order valence-electron chi connectivity index (χ1n) is 8.53. The number of fused-ring (bicyclic) bond motifs is 1. The lowest BCUT2D eigenvalue weighted by molar-refractivity contribution is 0.136. The minimum atomic E-state index is -3.39. The number of carbonyl (C=O) groups is 1. The molecule has 0 aromatic heterocycles. The number of nitrogens with zero attached hydrogens (tertiary/aromatic N) is 2. The molecule has 1 amide bonds. The van der Waals surface area contributed by atoms with Crippen molar-refractivity contribution < 1.29 is 17.9 Å². The van der Waals surface area contributed by atoms with Gasteiger partial charge in [0.15, 0.2) is 0 Å². The van der Waals surface area contributed by atoms with Crippen molar-refractivity contribution in [3.05, 3.63) is 40.3 Å². The van der Waals surface area contributed by atoms with E-state index in [-0.39, 0.29) is 12.1 Å². The molecule has 0 spiro atoms. The minimum Gasteiger partial charge on any atom is -0.444 e. The molecule has 0 unspecified atom stereocenters. The van der Waals surface area contributed by atoms with E-state index >= 15 is 0 Å². The van der Waals surface area contributed by atoms with Gasteiger partial charge in [-0.05, 0) is 39.7 Å². The second-order valence-corrected chi connectivity index (χ2v) is 8.70. The first kappa shape index (κ1) is 17.9. The third-order valence-corrected chi connectivity index (χ3v) is 7.08. The quantitative estimate of drug-likeness (QED) is 0.826. The summed E-state index contributed by atoms with van der Waals surface area (Å²) in [6.07, 6.45) is 2.46. The molecule has 7 heteroatoms. The van der Waals surface area contributed by atoms with Gasteiger partial charge in [-0.3, -0.25) is 4.90 Å². The molecular weight excluding hydrogens is 340 g/mol. The standard InChI is InChI=1S/C18H24N2O4S/c1-4-14(3)25(22,23)19-9-7-16(8-10-19)20-17-6-5-13(2)11-15(17)12-24-18(20)21/h4-6,11,16H,7-10,12H2,1-3H3/b14-4-. The van der Waals surface area contributed by atoms with Crippen molar-refractivity contribution in [1.29, 1.82) is 0 Å². The largest absolute Gasteiger partial charge is 0.444 e. The Hall–Kier alpha value is -1.86. The van der Waals surface area contributed by atoms with E-state index < -0.39 is 10.0 Å². The molecule has 1 fully saturated rings. The highest BCUT2D eigenvalue weighted by molar-refractivity contribution is 7.93. The fourth-order valence-corrected chi connectivity index (χ4v) is 4.81. The summed E-state index contributed by atoms with van der Waals surface area (Å²) in [5.74, 6) is 0. The predicted molar refractivity (Wildman–Crippen MR) is 96.8 cm³/mol. The van der Waals surface area contributed by atoms with Crippen LogP contribution < -0.4 is 4.90 Å². The van der Waals surface area contributed by atoms with Gasteiger partial charge >= 0.3 is 6.09 Å². The number of sulfonamides is 1.